The highest BCUT2D eigenvalue weighted by molar-refractivity contribution is 5.98. The molecule has 4 rings (SSSR count). The molecule has 3 aromatic rings. The molecule has 0 radical (unpaired) electrons. The van der Waals surface area contributed by atoms with Gasteiger partial charge in [-0.05, 0) is 67.3 Å². The third-order valence-corrected chi connectivity index (χ3v) is 12.4. The van der Waals surface area contributed by atoms with Gasteiger partial charge < -0.3 is 68.6 Å². The van der Waals surface area contributed by atoms with Crippen LogP contribution in [0, 0.1) is 11.8 Å². The van der Waals surface area contributed by atoms with Crippen molar-refractivity contribution in [2.45, 2.75) is 134 Å². The number of imidazole rings is 1. The zero-order chi connectivity index (χ0) is 53.1. The molecule has 9 atom stereocenters. The molecule has 1 aliphatic rings. The Morgan fingerprint density at radius 3 is 1.93 bits per heavy atom. The summed E-state index contributed by atoms with van der Waals surface area (Å²) in [6.07, 6.45) is 3.20. The number of aromatic nitrogens is 2. The zero-order valence-corrected chi connectivity index (χ0v) is 41.0. The molecule has 0 saturated carbocycles. The lowest BCUT2D eigenvalue weighted by Crippen LogP contribution is -2.62. The maximum absolute atomic E-state index is 14.5. The molecule has 72 heavy (non-hydrogen) atoms. The Labute approximate surface area is 417 Å². The molecule has 0 spiro atoms. The normalized spacial score (nSPS) is 16.7. The number of phenolic OH excluding ortho intramolecular Hbond substituents is 1. The number of rotatable bonds is 28. The summed E-state index contributed by atoms with van der Waals surface area (Å²) >= 11 is 0. The molecule has 0 aliphatic carbocycles. The standard InChI is InChI=1S/C49H69N11O12/c1-5-28(4)41(47(69)56-36(23-31-25-52-26-53-31)48(70)60-20-10-14-38(60)45(67)57-37(49(71)72)22-29-11-7-6-8-12-29)59-44(66)35(21-30-15-17-32(61)18-16-30)55-46(68)40(27(2)3)58-43(65)34(13-9-19-50)54-42(64)33(51)24-39(62)63/h6-8,11-12,15-18,25-28,33-38,40-41,61H,5,9-10,13-14,19-24,50-51H2,1-4H3,(H,52,53)(H,54,64)(H,55,68)(H,56,69)(H,57,67)(H,58,65)(H,59,66)(H,62,63)(H,71,72)/t28-,33-,34-,35-,36-,37-,38-,40-,41-/m0/s1. The number of nitrogens with one attached hydrogen (secondary N) is 7. The number of hydrogen-bond acceptors (Lipinski definition) is 13. The Morgan fingerprint density at radius 1 is 0.736 bits per heavy atom. The summed E-state index contributed by atoms with van der Waals surface area (Å²) in [5.41, 5.74) is 13.0. The van der Waals surface area contributed by atoms with Crippen LogP contribution in [0.4, 0.5) is 0 Å². The first-order valence-electron chi connectivity index (χ1n) is 24.0. The number of H-pyrrole nitrogens is 1. The quantitative estimate of drug-likeness (QED) is 0.0431. The largest absolute Gasteiger partial charge is 0.508 e. The van der Waals surface area contributed by atoms with E-state index in [1.807, 2.05) is 0 Å². The summed E-state index contributed by atoms with van der Waals surface area (Å²) in [6.45, 7) is 7.04. The number of carbonyl (C=O) groups is 9. The summed E-state index contributed by atoms with van der Waals surface area (Å²) in [5, 5.41) is 45.0. The van der Waals surface area contributed by atoms with Gasteiger partial charge in [-0.3, -0.25) is 38.4 Å². The summed E-state index contributed by atoms with van der Waals surface area (Å²) in [6, 6.07) is 4.24. The molecular weight excluding hydrogens is 935 g/mol. The van der Waals surface area contributed by atoms with Crippen molar-refractivity contribution in [2.24, 2.45) is 23.3 Å². The van der Waals surface area contributed by atoms with E-state index in [4.69, 9.17) is 16.6 Å². The van der Waals surface area contributed by atoms with Gasteiger partial charge in [-0.1, -0.05) is 76.6 Å². The van der Waals surface area contributed by atoms with Crippen LogP contribution in [0.15, 0.2) is 67.1 Å². The first-order chi connectivity index (χ1) is 34.2. The van der Waals surface area contributed by atoms with Gasteiger partial charge in [0.15, 0.2) is 0 Å². The van der Waals surface area contributed by atoms with E-state index < -0.39 is 120 Å². The Kier molecular flexibility index (Phi) is 22.1. The van der Waals surface area contributed by atoms with Gasteiger partial charge in [-0.2, -0.15) is 0 Å². The Bertz CT molecular complexity index is 2320. The van der Waals surface area contributed by atoms with Gasteiger partial charge in [0, 0.05) is 37.7 Å². The third-order valence-electron chi connectivity index (χ3n) is 12.4. The van der Waals surface area contributed by atoms with Crippen LogP contribution in [-0.4, -0.2) is 145 Å². The molecule has 23 heteroatoms. The van der Waals surface area contributed by atoms with Gasteiger partial charge in [-0.25, -0.2) is 9.78 Å². The van der Waals surface area contributed by atoms with Crippen molar-refractivity contribution in [2.75, 3.05) is 13.1 Å². The maximum atomic E-state index is 14.5. The number of amides is 7. The number of aromatic amines is 1. The van der Waals surface area contributed by atoms with Crippen LogP contribution in [0.1, 0.15) is 83.0 Å². The van der Waals surface area contributed by atoms with Crippen LogP contribution in [-0.2, 0) is 62.4 Å². The second-order valence-corrected chi connectivity index (χ2v) is 18.4. The number of nitrogens with two attached hydrogens (primary N) is 2. The number of benzene rings is 2. The van der Waals surface area contributed by atoms with Crippen LogP contribution in [0.3, 0.4) is 0 Å². The van der Waals surface area contributed by atoms with Crippen molar-refractivity contribution >= 4 is 53.3 Å². The lowest BCUT2D eigenvalue weighted by Gasteiger charge is -2.32. The number of carboxylic acid groups (broad SMARTS) is 2. The van der Waals surface area contributed by atoms with Crippen LogP contribution < -0.4 is 43.4 Å². The minimum absolute atomic E-state index is 0.00382. The second-order valence-electron chi connectivity index (χ2n) is 18.4. The van der Waals surface area contributed by atoms with E-state index in [9.17, 15) is 53.4 Å². The van der Waals surface area contributed by atoms with Crippen molar-refractivity contribution < 1.29 is 58.5 Å². The van der Waals surface area contributed by atoms with Gasteiger partial charge in [0.25, 0.3) is 0 Å². The van der Waals surface area contributed by atoms with Crippen molar-refractivity contribution in [1.29, 1.82) is 0 Å². The molecule has 1 fully saturated rings. The molecule has 0 unspecified atom stereocenters. The van der Waals surface area contributed by atoms with Crippen molar-refractivity contribution in [3.63, 3.8) is 0 Å². The Morgan fingerprint density at radius 2 is 1.33 bits per heavy atom. The van der Waals surface area contributed by atoms with Crippen molar-refractivity contribution in [3.8, 4) is 5.75 Å². The SMILES string of the molecule is CC[C@H](C)[C@H](NC(=O)[C@H](Cc1ccc(O)cc1)NC(=O)[C@@H](NC(=O)[C@H](CCCN)NC(=O)[C@@H](N)CC(=O)O)C(C)C)C(=O)N[C@@H](Cc1cnc[nH]1)C(=O)N1CCC[C@H]1C(=O)N[C@@H](Cc1ccccc1)C(=O)O. The molecule has 23 nitrogen and oxygen atoms in total. The molecule has 392 valence electrons. The molecule has 2 heterocycles. The van der Waals surface area contributed by atoms with Crippen molar-refractivity contribution in [3.05, 3.63) is 83.9 Å². The first kappa shape index (κ1) is 57.2. The monoisotopic (exact) mass is 1000 g/mol. The summed E-state index contributed by atoms with van der Waals surface area (Å²) < 4.78 is 0. The van der Waals surface area contributed by atoms with E-state index in [2.05, 4.69) is 41.9 Å². The summed E-state index contributed by atoms with van der Waals surface area (Å²) in [4.78, 5) is 130. The maximum Gasteiger partial charge on any atom is 0.326 e. The first-order valence-corrected chi connectivity index (χ1v) is 24.0. The average Bonchev–Trinajstić information content (AvgIpc) is 4.06. The minimum Gasteiger partial charge on any atom is -0.508 e. The highest BCUT2D eigenvalue weighted by Gasteiger charge is 2.41. The van der Waals surface area contributed by atoms with Gasteiger partial charge in [-0.15, -0.1) is 0 Å². The fraction of sp³-hybridized carbons (Fsp3) is 0.510. The van der Waals surface area contributed by atoms with E-state index in [1.165, 1.54) is 41.7 Å². The lowest BCUT2D eigenvalue weighted by molar-refractivity contribution is -0.145. The average molecular weight is 1000 g/mol. The minimum atomic E-state index is -1.47. The van der Waals surface area contributed by atoms with Gasteiger partial charge in [0.05, 0.1) is 18.8 Å². The number of carbonyl (C=O) groups excluding carboxylic acids is 7. The van der Waals surface area contributed by atoms with Crippen LogP contribution in [0.2, 0.25) is 0 Å². The van der Waals surface area contributed by atoms with Crippen LogP contribution in [0.5, 0.6) is 5.75 Å². The van der Waals surface area contributed by atoms with Gasteiger partial charge in [0.1, 0.15) is 48.0 Å². The van der Waals surface area contributed by atoms with E-state index in [0.29, 0.717) is 29.7 Å². The summed E-state index contributed by atoms with van der Waals surface area (Å²) in [7, 11) is 0. The number of likely N-dealkylation sites (tertiary alicyclic amines) is 1. The highest BCUT2D eigenvalue weighted by atomic mass is 16.4. The number of nitrogens with zero attached hydrogens (tertiary/aromatic N) is 2. The second kappa shape index (κ2) is 27.8. The molecule has 0 bridgehead atoms. The summed E-state index contributed by atoms with van der Waals surface area (Å²) in [5.74, 6) is -9.19. The van der Waals surface area contributed by atoms with Crippen molar-refractivity contribution in [1.82, 2.24) is 46.8 Å². The topological polar surface area (TPSA) is 370 Å². The molecule has 1 saturated heterocycles. The van der Waals surface area contributed by atoms with E-state index in [0.717, 1.165) is 0 Å². The van der Waals surface area contributed by atoms with Gasteiger partial charge in [0.2, 0.25) is 41.4 Å². The molecule has 2 aromatic carbocycles. The van der Waals surface area contributed by atoms with Gasteiger partial charge >= 0.3 is 11.9 Å². The predicted molar refractivity (Wildman–Crippen MR) is 261 cm³/mol. The zero-order valence-electron chi connectivity index (χ0n) is 41.0. The smallest absolute Gasteiger partial charge is 0.326 e. The number of phenols is 1. The number of aromatic hydroxyl groups is 1. The molecule has 7 amide bonds. The molecule has 1 aliphatic heterocycles. The molecule has 14 N–H and O–H groups in total. The van der Waals surface area contributed by atoms with E-state index in [1.54, 1.807) is 58.0 Å². The van der Waals surface area contributed by atoms with Crippen LogP contribution in [0.25, 0.3) is 0 Å². The highest BCUT2D eigenvalue weighted by Crippen LogP contribution is 2.21. The number of aliphatic carboxylic acids is 2. The Balaban J connectivity index is 1.58. The lowest BCUT2D eigenvalue weighted by atomic mass is 9.96. The predicted octanol–water partition coefficient (Wildman–Crippen LogP) is -0.629. The van der Waals surface area contributed by atoms with E-state index >= 15 is 0 Å². The third kappa shape index (κ3) is 17.2. The number of carboxylic acids is 2. The number of hydrogen-bond donors (Lipinski definition) is 12. The Hall–Kier alpha value is -7.40. The fourth-order valence-corrected chi connectivity index (χ4v) is 8.13. The molecular formula is C49H69N11O12. The van der Waals surface area contributed by atoms with Crippen LogP contribution >= 0.6 is 0 Å². The fourth-order valence-electron chi connectivity index (χ4n) is 8.13. The van der Waals surface area contributed by atoms with E-state index in [-0.39, 0.29) is 57.4 Å². The molecule has 1 aromatic heterocycles.